The van der Waals surface area contributed by atoms with Crippen LogP contribution in [0.5, 0.6) is 0 Å². The Hall–Kier alpha value is -1.10. The standard InChI is InChI=1S/C18H35NO4/c1-19(2,3)15-16-23-18(22)14-12-10-8-6-4-5-7-9-11-13-17(20)21/h4-16H2,1-3H3/p+1. The van der Waals surface area contributed by atoms with E-state index < -0.39 is 5.97 Å². The van der Waals surface area contributed by atoms with Crippen LogP contribution in [0.3, 0.4) is 0 Å². The van der Waals surface area contributed by atoms with E-state index in [-0.39, 0.29) is 5.97 Å². The Balaban J connectivity index is 3.23. The van der Waals surface area contributed by atoms with E-state index in [1.54, 1.807) is 0 Å². The number of hydrogen-bond donors (Lipinski definition) is 1. The minimum Gasteiger partial charge on any atom is -0.481 e. The van der Waals surface area contributed by atoms with Crippen molar-refractivity contribution in [2.75, 3.05) is 34.3 Å². The molecule has 0 aliphatic carbocycles. The number of carboxylic acids is 1. The maximum Gasteiger partial charge on any atom is 0.305 e. The summed E-state index contributed by atoms with van der Waals surface area (Å²) >= 11 is 0. The van der Waals surface area contributed by atoms with Gasteiger partial charge in [-0.25, -0.2) is 0 Å². The third-order valence-corrected chi connectivity index (χ3v) is 3.80. The van der Waals surface area contributed by atoms with Crippen LogP contribution in [-0.4, -0.2) is 55.8 Å². The second-order valence-corrected chi connectivity index (χ2v) is 7.31. The number of quaternary nitrogens is 1. The molecular formula is C18H36NO4+. The van der Waals surface area contributed by atoms with E-state index in [2.05, 4.69) is 21.1 Å². The van der Waals surface area contributed by atoms with Gasteiger partial charge in [0.25, 0.3) is 0 Å². The van der Waals surface area contributed by atoms with Crippen LogP contribution in [0.25, 0.3) is 0 Å². The van der Waals surface area contributed by atoms with Crippen molar-refractivity contribution < 1.29 is 23.9 Å². The summed E-state index contributed by atoms with van der Waals surface area (Å²) in [6.45, 7) is 1.35. The van der Waals surface area contributed by atoms with Gasteiger partial charge in [-0.05, 0) is 12.8 Å². The lowest BCUT2D eigenvalue weighted by atomic mass is 10.1. The Morgan fingerprint density at radius 3 is 1.65 bits per heavy atom. The third kappa shape index (κ3) is 18.9. The average molecular weight is 330 g/mol. The zero-order chi connectivity index (χ0) is 17.6. The number of ether oxygens (including phenoxy) is 1. The molecule has 0 bridgehead atoms. The van der Waals surface area contributed by atoms with Crippen molar-refractivity contribution in [2.45, 2.75) is 70.6 Å². The topological polar surface area (TPSA) is 63.6 Å². The van der Waals surface area contributed by atoms with Crippen molar-refractivity contribution in [1.29, 1.82) is 0 Å². The fraction of sp³-hybridized carbons (Fsp3) is 0.889. The van der Waals surface area contributed by atoms with Gasteiger partial charge in [0.2, 0.25) is 0 Å². The largest absolute Gasteiger partial charge is 0.481 e. The molecule has 1 N–H and O–H groups in total. The summed E-state index contributed by atoms with van der Waals surface area (Å²) in [6.07, 6.45) is 10.6. The quantitative estimate of drug-likeness (QED) is 0.283. The predicted molar refractivity (Wildman–Crippen MR) is 92.3 cm³/mol. The normalized spacial score (nSPS) is 11.4. The van der Waals surface area contributed by atoms with Crippen LogP contribution >= 0.6 is 0 Å². The SMILES string of the molecule is C[N+](C)(C)CCOC(=O)CCCCCCCCCCCC(=O)O. The van der Waals surface area contributed by atoms with E-state index >= 15 is 0 Å². The van der Waals surface area contributed by atoms with Crippen LogP contribution in [0, 0.1) is 0 Å². The van der Waals surface area contributed by atoms with Crippen LogP contribution in [-0.2, 0) is 14.3 Å². The number of aliphatic carboxylic acids is 1. The third-order valence-electron chi connectivity index (χ3n) is 3.80. The van der Waals surface area contributed by atoms with Gasteiger partial charge >= 0.3 is 11.9 Å². The maximum absolute atomic E-state index is 11.5. The molecule has 0 atom stereocenters. The second-order valence-electron chi connectivity index (χ2n) is 7.31. The number of nitrogens with zero attached hydrogens (tertiary/aromatic N) is 1. The number of carbonyl (C=O) groups excluding carboxylic acids is 1. The molecule has 136 valence electrons. The highest BCUT2D eigenvalue weighted by molar-refractivity contribution is 5.69. The van der Waals surface area contributed by atoms with E-state index in [9.17, 15) is 9.59 Å². The molecule has 0 amide bonds. The lowest BCUT2D eigenvalue weighted by molar-refractivity contribution is -0.870. The van der Waals surface area contributed by atoms with E-state index in [0.717, 1.165) is 43.1 Å². The number of rotatable bonds is 15. The molecule has 0 aromatic carbocycles. The summed E-state index contributed by atoms with van der Waals surface area (Å²) in [5, 5.41) is 8.53. The summed E-state index contributed by atoms with van der Waals surface area (Å²) in [6, 6.07) is 0. The number of hydrogen-bond acceptors (Lipinski definition) is 3. The van der Waals surface area contributed by atoms with Gasteiger partial charge in [0.15, 0.2) is 0 Å². The molecule has 0 aliphatic rings. The molecule has 5 heteroatoms. The predicted octanol–water partition coefficient (Wildman–Crippen LogP) is 3.61. The fourth-order valence-corrected chi connectivity index (χ4v) is 2.29. The minimum absolute atomic E-state index is 0.0723. The molecule has 0 saturated carbocycles. The van der Waals surface area contributed by atoms with Gasteiger partial charge in [0, 0.05) is 12.8 Å². The summed E-state index contributed by atoms with van der Waals surface area (Å²) in [5.74, 6) is -0.766. The van der Waals surface area contributed by atoms with Gasteiger partial charge in [0.05, 0.1) is 21.1 Å². The van der Waals surface area contributed by atoms with Crippen LogP contribution in [0.1, 0.15) is 70.6 Å². The first-order valence-corrected chi connectivity index (χ1v) is 8.99. The molecule has 0 aromatic rings. The lowest BCUT2D eigenvalue weighted by Gasteiger charge is -2.23. The molecule has 0 aromatic heterocycles. The Morgan fingerprint density at radius 2 is 1.22 bits per heavy atom. The van der Waals surface area contributed by atoms with Gasteiger partial charge in [-0.1, -0.05) is 44.9 Å². The zero-order valence-corrected chi connectivity index (χ0v) is 15.3. The van der Waals surface area contributed by atoms with E-state index in [1.165, 1.54) is 25.7 Å². The first-order chi connectivity index (χ1) is 10.8. The van der Waals surface area contributed by atoms with Crippen molar-refractivity contribution in [1.82, 2.24) is 0 Å². The smallest absolute Gasteiger partial charge is 0.305 e. The molecule has 5 nitrogen and oxygen atoms in total. The van der Waals surface area contributed by atoms with E-state index in [1.807, 2.05) is 0 Å². The molecule has 0 fully saturated rings. The van der Waals surface area contributed by atoms with Crippen LogP contribution in [0.15, 0.2) is 0 Å². The number of likely N-dealkylation sites (N-methyl/N-ethyl adjacent to an activating group) is 1. The molecule has 0 unspecified atom stereocenters. The molecular weight excluding hydrogens is 294 g/mol. The monoisotopic (exact) mass is 330 g/mol. The molecule has 0 spiro atoms. The van der Waals surface area contributed by atoms with Crippen LogP contribution in [0.4, 0.5) is 0 Å². The van der Waals surface area contributed by atoms with Gasteiger partial charge in [0.1, 0.15) is 13.2 Å². The highest BCUT2D eigenvalue weighted by Crippen LogP contribution is 2.11. The van der Waals surface area contributed by atoms with Gasteiger partial charge in [-0.3, -0.25) is 9.59 Å². The number of carbonyl (C=O) groups is 2. The minimum atomic E-state index is -0.694. The average Bonchev–Trinajstić information content (AvgIpc) is 2.43. The highest BCUT2D eigenvalue weighted by Gasteiger charge is 2.09. The van der Waals surface area contributed by atoms with Crippen molar-refractivity contribution >= 4 is 11.9 Å². The van der Waals surface area contributed by atoms with E-state index in [4.69, 9.17) is 9.84 Å². The Morgan fingerprint density at radius 1 is 0.783 bits per heavy atom. The zero-order valence-electron chi connectivity index (χ0n) is 15.3. The Kier molecular flexibility index (Phi) is 12.7. The number of esters is 1. The van der Waals surface area contributed by atoms with E-state index in [0.29, 0.717) is 19.4 Å². The van der Waals surface area contributed by atoms with Crippen molar-refractivity contribution in [3.63, 3.8) is 0 Å². The second kappa shape index (κ2) is 13.3. The van der Waals surface area contributed by atoms with Gasteiger partial charge in [-0.15, -0.1) is 0 Å². The molecule has 23 heavy (non-hydrogen) atoms. The molecule has 0 radical (unpaired) electrons. The summed E-state index contributed by atoms with van der Waals surface area (Å²) in [4.78, 5) is 21.9. The first-order valence-electron chi connectivity index (χ1n) is 8.99. The van der Waals surface area contributed by atoms with Crippen LogP contribution < -0.4 is 0 Å². The number of unbranched alkanes of at least 4 members (excludes halogenated alkanes) is 8. The highest BCUT2D eigenvalue weighted by atomic mass is 16.5. The molecule has 0 aliphatic heterocycles. The summed E-state index contributed by atoms with van der Waals surface area (Å²) in [5.41, 5.74) is 0. The summed E-state index contributed by atoms with van der Waals surface area (Å²) in [7, 11) is 6.25. The molecule has 0 heterocycles. The lowest BCUT2D eigenvalue weighted by Crippen LogP contribution is -2.37. The van der Waals surface area contributed by atoms with Crippen molar-refractivity contribution in [3.8, 4) is 0 Å². The van der Waals surface area contributed by atoms with Crippen molar-refractivity contribution in [3.05, 3.63) is 0 Å². The Labute approximate surface area is 141 Å². The fourth-order valence-electron chi connectivity index (χ4n) is 2.29. The molecule has 0 rings (SSSR count). The van der Waals surface area contributed by atoms with Crippen LogP contribution in [0.2, 0.25) is 0 Å². The number of carboxylic acid groups (broad SMARTS) is 1. The van der Waals surface area contributed by atoms with Crippen molar-refractivity contribution in [2.24, 2.45) is 0 Å². The summed E-state index contributed by atoms with van der Waals surface area (Å²) < 4.78 is 6.03. The van der Waals surface area contributed by atoms with Gasteiger partial charge in [-0.2, -0.15) is 0 Å². The van der Waals surface area contributed by atoms with Gasteiger partial charge < -0.3 is 14.3 Å². The first kappa shape index (κ1) is 21.9. The molecule has 0 saturated heterocycles. The Bertz CT molecular complexity index is 323. The maximum atomic E-state index is 11.5.